The van der Waals surface area contributed by atoms with E-state index in [1.165, 1.54) is 19.4 Å². The molecular formula is C12H23N3O. The van der Waals surface area contributed by atoms with E-state index in [-0.39, 0.29) is 5.91 Å². The van der Waals surface area contributed by atoms with Crippen molar-refractivity contribution in [3.05, 3.63) is 0 Å². The molecule has 0 spiro atoms. The molecule has 1 heterocycles. The van der Waals surface area contributed by atoms with Crippen LogP contribution in [0, 0.1) is 5.92 Å². The molecule has 1 aliphatic carbocycles. The third-order valence-corrected chi connectivity index (χ3v) is 3.54. The van der Waals surface area contributed by atoms with Crippen molar-refractivity contribution in [2.75, 3.05) is 26.2 Å². The van der Waals surface area contributed by atoms with Crippen molar-refractivity contribution in [2.45, 2.75) is 38.1 Å². The first-order valence-electron chi connectivity index (χ1n) is 6.49. The Hall–Kier alpha value is -0.610. The lowest BCUT2D eigenvalue weighted by molar-refractivity contribution is -0.121. The lowest BCUT2D eigenvalue weighted by Crippen LogP contribution is -2.45. The summed E-state index contributed by atoms with van der Waals surface area (Å²) in [7, 11) is 0. The third-order valence-electron chi connectivity index (χ3n) is 3.54. The van der Waals surface area contributed by atoms with Gasteiger partial charge in [-0.15, -0.1) is 0 Å². The maximum atomic E-state index is 11.4. The number of carbonyl (C=O) groups excluding carboxylic acids is 1. The van der Waals surface area contributed by atoms with Crippen LogP contribution in [0.4, 0.5) is 0 Å². The smallest absolute Gasteiger partial charge is 0.221 e. The topological polar surface area (TPSA) is 58.4 Å². The van der Waals surface area contributed by atoms with Gasteiger partial charge in [-0.05, 0) is 31.6 Å². The van der Waals surface area contributed by atoms with Crippen LogP contribution in [-0.2, 0) is 4.79 Å². The summed E-state index contributed by atoms with van der Waals surface area (Å²) in [4.78, 5) is 13.9. The van der Waals surface area contributed by atoms with E-state index in [1.54, 1.807) is 0 Å². The zero-order chi connectivity index (χ0) is 11.4. The summed E-state index contributed by atoms with van der Waals surface area (Å²) in [6.45, 7) is 4.02. The summed E-state index contributed by atoms with van der Waals surface area (Å²) in [6.07, 6.45) is 5.51. The Labute approximate surface area is 97.6 Å². The van der Waals surface area contributed by atoms with Gasteiger partial charge in [0.05, 0.1) is 0 Å². The molecule has 4 nitrogen and oxygen atoms in total. The highest BCUT2D eigenvalue weighted by Gasteiger charge is 2.27. The van der Waals surface area contributed by atoms with Gasteiger partial charge in [0.25, 0.3) is 0 Å². The molecule has 0 radical (unpaired) electrons. The van der Waals surface area contributed by atoms with Crippen LogP contribution < -0.4 is 11.1 Å². The summed E-state index contributed by atoms with van der Waals surface area (Å²) in [5.74, 6) is 1.09. The van der Waals surface area contributed by atoms with Gasteiger partial charge in [0.1, 0.15) is 0 Å². The fraction of sp³-hybridized carbons (Fsp3) is 0.917. The van der Waals surface area contributed by atoms with E-state index in [9.17, 15) is 4.79 Å². The average Bonchev–Trinajstić information content (AvgIpc) is 3.05. The molecule has 2 aliphatic rings. The van der Waals surface area contributed by atoms with Crippen molar-refractivity contribution < 1.29 is 4.79 Å². The number of carbonyl (C=O) groups is 1. The minimum absolute atomic E-state index is 0.114. The number of nitrogens with zero attached hydrogens (tertiary/aromatic N) is 1. The molecule has 1 saturated carbocycles. The maximum absolute atomic E-state index is 11.4. The molecule has 0 unspecified atom stereocenters. The van der Waals surface area contributed by atoms with Crippen molar-refractivity contribution in [1.29, 1.82) is 0 Å². The van der Waals surface area contributed by atoms with Crippen LogP contribution >= 0.6 is 0 Å². The van der Waals surface area contributed by atoms with Crippen LogP contribution in [0.25, 0.3) is 0 Å². The van der Waals surface area contributed by atoms with Crippen LogP contribution in [0.1, 0.15) is 32.1 Å². The van der Waals surface area contributed by atoms with Crippen LogP contribution in [-0.4, -0.2) is 43.0 Å². The summed E-state index contributed by atoms with van der Waals surface area (Å²) in [5.41, 5.74) is 5.35. The van der Waals surface area contributed by atoms with Gasteiger partial charge >= 0.3 is 0 Å². The predicted molar refractivity (Wildman–Crippen MR) is 64.0 cm³/mol. The van der Waals surface area contributed by atoms with E-state index < -0.39 is 0 Å². The van der Waals surface area contributed by atoms with Crippen molar-refractivity contribution in [1.82, 2.24) is 10.2 Å². The fourth-order valence-electron chi connectivity index (χ4n) is 2.36. The van der Waals surface area contributed by atoms with Crippen LogP contribution in [0.15, 0.2) is 0 Å². The second kappa shape index (κ2) is 5.64. The molecule has 2 fully saturated rings. The molecule has 0 atom stereocenters. The normalized spacial score (nSPS) is 23.3. The Morgan fingerprint density at radius 2 is 1.94 bits per heavy atom. The lowest BCUT2D eigenvalue weighted by atomic mass is 10.0. The zero-order valence-electron chi connectivity index (χ0n) is 9.95. The number of nitrogens with two attached hydrogens (primary N) is 1. The highest BCUT2D eigenvalue weighted by atomic mass is 16.1. The molecule has 0 aromatic rings. The molecule has 0 aromatic carbocycles. The fourth-order valence-corrected chi connectivity index (χ4v) is 2.36. The Morgan fingerprint density at radius 3 is 2.50 bits per heavy atom. The van der Waals surface area contributed by atoms with Crippen LogP contribution in [0.2, 0.25) is 0 Å². The summed E-state index contributed by atoms with van der Waals surface area (Å²) >= 11 is 0. The van der Waals surface area contributed by atoms with E-state index >= 15 is 0 Å². The van der Waals surface area contributed by atoms with Gasteiger partial charge in [0.2, 0.25) is 5.91 Å². The van der Waals surface area contributed by atoms with Gasteiger partial charge < -0.3 is 16.0 Å². The Balaban J connectivity index is 1.62. The summed E-state index contributed by atoms with van der Waals surface area (Å²) in [6, 6.07) is 0.384. The number of nitrogens with one attached hydrogen (secondary N) is 1. The number of piperidine rings is 1. The van der Waals surface area contributed by atoms with Gasteiger partial charge in [-0.25, -0.2) is 0 Å². The Bertz CT molecular complexity index is 232. The SMILES string of the molecule is NCCC(=O)NC1CCN(CC2CC2)CC1. The number of rotatable bonds is 5. The number of hydrogen-bond acceptors (Lipinski definition) is 3. The van der Waals surface area contributed by atoms with E-state index in [4.69, 9.17) is 5.73 Å². The van der Waals surface area contributed by atoms with Crippen molar-refractivity contribution in [3.63, 3.8) is 0 Å². The van der Waals surface area contributed by atoms with Crippen molar-refractivity contribution >= 4 is 5.91 Å². The van der Waals surface area contributed by atoms with E-state index in [0.29, 0.717) is 19.0 Å². The quantitative estimate of drug-likeness (QED) is 0.709. The van der Waals surface area contributed by atoms with Gasteiger partial charge in [0, 0.05) is 38.6 Å². The van der Waals surface area contributed by atoms with Crippen LogP contribution in [0.5, 0.6) is 0 Å². The molecule has 0 bridgehead atoms. The van der Waals surface area contributed by atoms with Gasteiger partial charge in [-0.3, -0.25) is 4.79 Å². The first-order chi connectivity index (χ1) is 7.78. The Morgan fingerprint density at radius 1 is 1.25 bits per heavy atom. The second-order valence-electron chi connectivity index (χ2n) is 5.12. The van der Waals surface area contributed by atoms with Gasteiger partial charge in [-0.2, -0.15) is 0 Å². The summed E-state index contributed by atoms with van der Waals surface area (Å²) in [5, 5.41) is 3.06. The average molecular weight is 225 g/mol. The van der Waals surface area contributed by atoms with Crippen LogP contribution in [0.3, 0.4) is 0 Å². The number of hydrogen-bond donors (Lipinski definition) is 2. The first kappa shape index (κ1) is 11.9. The maximum Gasteiger partial charge on any atom is 0.221 e. The first-order valence-corrected chi connectivity index (χ1v) is 6.49. The molecular weight excluding hydrogens is 202 g/mol. The molecule has 3 N–H and O–H groups in total. The molecule has 4 heteroatoms. The standard InChI is InChI=1S/C12H23N3O/c13-6-3-12(16)14-11-4-7-15(8-5-11)9-10-1-2-10/h10-11H,1-9,13H2,(H,14,16). The van der Waals surface area contributed by atoms with E-state index in [2.05, 4.69) is 10.2 Å². The van der Waals surface area contributed by atoms with E-state index in [0.717, 1.165) is 31.8 Å². The highest BCUT2D eigenvalue weighted by molar-refractivity contribution is 5.76. The molecule has 1 saturated heterocycles. The molecule has 16 heavy (non-hydrogen) atoms. The molecule has 1 amide bonds. The number of amides is 1. The second-order valence-corrected chi connectivity index (χ2v) is 5.12. The minimum Gasteiger partial charge on any atom is -0.353 e. The van der Waals surface area contributed by atoms with Gasteiger partial charge in [-0.1, -0.05) is 0 Å². The third kappa shape index (κ3) is 3.76. The molecule has 1 aliphatic heterocycles. The largest absolute Gasteiger partial charge is 0.353 e. The highest BCUT2D eigenvalue weighted by Crippen LogP contribution is 2.30. The summed E-state index contributed by atoms with van der Waals surface area (Å²) < 4.78 is 0. The number of likely N-dealkylation sites (tertiary alicyclic amines) is 1. The molecule has 2 rings (SSSR count). The zero-order valence-corrected chi connectivity index (χ0v) is 9.95. The molecule has 0 aromatic heterocycles. The molecule has 92 valence electrons. The minimum atomic E-state index is 0.114. The van der Waals surface area contributed by atoms with Crippen molar-refractivity contribution in [3.8, 4) is 0 Å². The Kier molecular flexibility index (Phi) is 4.18. The van der Waals surface area contributed by atoms with Gasteiger partial charge in [0.15, 0.2) is 0 Å². The van der Waals surface area contributed by atoms with E-state index in [1.807, 2.05) is 0 Å². The monoisotopic (exact) mass is 225 g/mol. The lowest BCUT2D eigenvalue weighted by Gasteiger charge is -2.32. The van der Waals surface area contributed by atoms with Crippen molar-refractivity contribution in [2.24, 2.45) is 11.7 Å². The predicted octanol–water partition coefficient (Wildman–Crippen LogP) is 0.326.